The molecular formula is C29H32N6O4S. The number of benzene rings is 2. The Bertz CT molecular complexity index is 1360. The van der Waals surface area contributed by atoms with E-state index in [1.165, 1.54) is 11.3 Å². The van der Waals surface area contributed by atoms with Crippen LogP contribution in [-0.4, -0.2) is 50.5 Å². The zero-order chi connectivity index (χ0) is 28.0. The van der Waals surface area contributed by atoms with Crippen LogP contribution >= 0.6 is 11.3 Å². The minimum Gasteiger partial charge on any atom is -0.493 e. The zero-order valence-electron chi connectivity index (χ0n) is 22.1. The molecule has 0 radical (unpaired) electrons. The van der Waals surface area contributed by atoms with Crippen LogP contribution in [0.25, 0.3) is 0 Å². The van der Waals surface area contributed by atoms with Gasteiger partial charge in [-0.25, -0.2) is 0 Å². The molecule has 11 heteroatoms. The molecule has 4 aromatic rings. The van der Waals surface area contributed by atoms with Gasteiger partial charge in [0.25, 0.3) is 0 Å². The Morgan fingerprint density at radius 2 is 1.55 bits per heavy atom. The van der Waals surface area contributed by atoms with Crippen LogP contribution in [0.5, 0.6) is 5.75 Å². The van der Waals surface area contributed by atoms with Crippen LogP contribution in [0.15, 0.2) is 66.7 Å². The van der Waals surface area contributed by atoms with Gasteiger partial charge < -0.3 is 20.5 Å². The van der Waals surface area contributed by atoms with Crippen molar-refractivity contribution in [1.82, 2.24) is 20.4 Å². The topological polar surface area (TPSA) is 139 Å². The van der Waals surface area contributed by atoms with E-state index < -0.39 is 0 Å². The summed E-state index contributed by atoms with van der Waals surface area (Å²) < 4.78 is 5.56. The number of carbonyl (C=O) groups excluding carboxylic acids is 2. The van der Waals surface area contributed by atoms with E-state index in [0.29, 0.717) is 36.1 Å². The third-order valence-electron chi connectivity index (χ3n) is 5.82. The quantitative estimate of drug-likeness (QED) is 0.185. The van der Waals surface area contributed by atoms with Crippen molar-refractivity contribution in [2.45, 2.75) is 44.9 Å². The van der Waals surface area contributed by atoms with Gasteiger partial charge in [-0.05, 0) is 54.7 Å². The number of aromatic nitrogens is 4. The lowest BCUT2D eigenvalue weighted by Crippen LogP contribution is -2.16. The molecule has 2 heterocycles. The molecule has 0 saturated carbocycles. The second kappa shape index (κ2) is 15.4. The van der Waals surface area contributed by atoms with Gasteiger partial charge in [-0.15, -0.1) is 15.3 Å². The van der Waals surface area contributed by atoms with E-state index >= 15 is 0 Å². The summed E-state index contributed by atoms with van der Waals surface area (Å²) in [6.45, 7) is 0.498. The predicted octanol–water partition coefficient (Wildman–Crippen LogP) is 4.02. The normalized spacial score (nSPS) is 10.7. The lowest BCUT2D eigenvalue weighted by atomic mass is 10.1. The van der Waals surface area contributed by atoms with Crippen LogP contribution in [0.2, 0.25) is 0 Å². The van der Waals surface area contributed by atoms with Crippen LogP contribution in [-0.2, 0) is 35.3 Å². The van der Waals surface area contributed by atoms with Crippen LogP contribution in [0.4, 0.5) is 10.9 Å². The Labute approximate surface area is 236 Å². The van der Waals surface area contributed by atoms with Gasteiger partial charge in [0.2, 0.25) is 16.9 Å². The summed E-state index contributed by atoms with van der Waals surface area (Å²) >= 11 is 1.39. The molecule has 2 amide bonds. The lowest BCUT2D eigenvalue weighted by molar-refractivity contribution is -0.116. The van der Waals surface area contributed by atoms with Gasteiger partial charge in [-0.3, -0.25) is 9.59 Å². The molecule has 10 nitrogen and oxygen atoms in total. The first-order valence-corrected chi connectivity index (χ1v) is 14.0. The summed E-state index contributed by atoms with van der Waals surface area (Å²) in [5.41, 5.74) is 2.61. The Hall–Kier alpha value is -4.22. The zero-order valence-corrected chi connectivity index (χ0v) is 22.9. The molecule has 208 valence electrons. The number of hydrogen-bond acceptors (Lipinski definition) is 9. The number of ether oxygens (including phenoxy) is 1. The summed E-state index contributed by atoms with van der Waals surface area (Å²) in [5.74, 6) is 0.767. The first-order valence-electron chi connectivity index (χ1n) is 13.2. The van der Waals surface area contributed by atoms with E-state index in [-0.39, 0.29) is 24.8 Å². The predicted molar refractivity (Wildman–Crippen MR) is 153 cm³/mol. The number of unbranched alkanes of at least 4 members (excludes halogenated alkanes) is 1. The van der Waals surface area contributed by atoms with Gasteiger partial charge in [0.15, 0.2) is 5.82 Å². The highest BCUT2D eigenvalue weighted by Crippen LogP contribution is 2.18. The van der Waals surface area contributed by atoms with E-state index in [0.717, 1.165) is 47.5 Å². The third-order valence-corrected chi connectivity index (χ3v) is 6.71. The van der Waals surface area contributed by atoms with Crippen LogP contribution in [0, 0.1) is 0 Å². The smallest absolute Gasteiger partial charge is 0.230 e. The number of nitrogens with zero attached hydrogens (tertiary/aromatic N) is 4. The first-order chi connectivity index (χ1) is 19.6. The molecule has 0 atom stereocenters. The number of anilines is 2. The van der Waals surface area contributed by atoms with Gasteiger partial charge in [-0.2, -0.15) is 5.10 Å². The Kier molecular flexibility index (Phi) is 11.1. The van der Waals surface area contributed by atoms with Crippen LogP contribution in [0.3, 0.4) is 0 Å². The van der Waals surface area contributed by atoms with Gasteiger partial charge in [0.1, 0.15) is 10.8 Å². The number of aryl methyl sites for hydroxylation is 2. The molecule has 3 N–H and O–H groups in total. The van der Waals surface area contributed by atoms with E-state index in [1.807, 2.05) is 60.7 Å². The highest BCUT2D eigenvalue weighted by Gasteiger charge is 2.10. The number of amides is 2. The van der Waals surface area contributed by atoms with Crippen molar-refractivity contribution in [3.63, 3.8) is 0 Å². The Morgan fingerprint density at radius 1 is 0.775 bits per heavy atom. The largest absolute Gasteiger partial charge is 0.493 e. The molecule has 4 rings (SSSR count). The first kappa shape index (κ1) is 28.8. The summed E-state index contributed by atoms with van der Waals surface area (Å²) in [6.07, 6.45) is 4.35. The van der Waals surface area contributed by atoms with E-state index in [4.69, 9.17) is 9.84 Å². The maximum absolute atomic E-state index is 12.4. The molecule has 0 spiro atoms. The highest BCUT2D eigenvalue weighted by atomic mass is 32.1. The van der Waals surface area contributed by atoms with Crippen molar-refractivity contribution < 1.29 is 19.4 Å². The van der Waals surface area contributed by atoms with E-state index in [1.54, 1.807) is 6.07 Å². The van der Waals surface area contributed by atoms with Crippen LogP contribution in [0.1, 0.15) is 41.1 Å². The fraction of sp³-hybridized carbons (Fsp3) is 0.310. The second-order valence-corrected chi connectivity index (χ2v) is 10.2. The van der Waals surface area contributed by atoms with Gasteiger partial charge in [0.05, 0.1) is 25.1 Å². The molecule has 40 heavy (non-hydrogen) atoms. The molecule has 0 unspecified atom stereocenters. The molecule has 0 saturated heterocycles. The lowest BCUT2D eigenvalue weighted by Gasteiger charge is -2.08. The number of nitrogens with one attached hydrogen (secondary N) is 2. The second-order valence-electron chi connectivity index (χ2n) is 9.13. The molecule has 2 aromatic carbocycles. The van der Waals surface area contributed by atoms with Crippen molar-refractivity contribution in [3.8, 4) is 5.75 Å². The minimum atomic E-state index is -0.192. The molecule has 0 aliphatic heterocycles. The molecule has 2 aromatic heterocycles. The number of aliphatic hydroxyl groups excluding tert-OH is 1. The molecule has 0 aliphatic rings. The number of rotatable bonds is 15. The third kappa shape index (κ3) is 9.83. The monoisotopic (exact) mass is 560 g/mol. The minimum absolute atomic E-state index is 0.0746. The molecule has 0 aliphatic carbocycles. The fourth-order valence-electron chi connectivity index (χ4n) is 3.86. The Morgan fingerprint density at radius 3 is 2.35 bits per heavy atom. The molecular weight excluding hydrogens is 528 g/mol. The number of hydrogen-bond donors (Lipinski definition) is 3. The van der Waals surface area contributed by atoms with E-state index in [2.05, 4.69) is 31.0 Å². The summed E-state index contributed by atoms with van der Waals surface area (Å²) in [7, 11) is 0. The summed E-state index contributed by atoms with van der Waals surface area (Å²) in [6, 6.07) is 20.5. The summed E-state index contributed by atoms with van der Waals surface area (Å²) in [5, 5.41) is 32.5. The summed E-state index contributed by atoms with van der Waals surface area (Å²) in [4.78, 5) is 24.6. The Balaban J connectivity index is 1.14. The average molecular weight is 561 g/mol. The van der Waals surface area contributed by atoms with Crippen molar-refractivity contribution >= 4 is 34.1 Å². The van der Waals surface area contributed by atoms with E-state index in [9.17, 15) is 9.59 Å². The fourth-order valence-corrected chi connectivity index (χ4v) is 4.66. The SMILES string of the molecule is O=C(Cc1cccc(OCCCO)c1)Nc1ccc(CCCCc2nnc(NC(=O)Cc3ccccc3)s2)nn1. The molecule has 0 fully saturated rings. The number of aliphatic hydroxyl groups is 1. The van der Waals surface area contributed by atoms with Gasteiger partial charge in [0, 0.05) is 19.4 Å². The highest BCUT2D eigenvalue weighted by molar-refractivity contribution is 7.15. The van der Waals surface area contributed by atoms with Gasteiger partial charge in [-0.1, -0.05) is 53.8 Å². The van der Waals surface area contributed by atoms with Crippen molar-refractivity contribution in [3.05, 3.63) is 88.6 Å². The van der Waals surface area contributed by atoms with Crippen molar-refractivity contribution in [2.75, 3.05) is 23.8 Å². The molecule has 0 bridgehead atoms. The van der Waals surface area contributed by atoms with Crippen molar-refractivity contribution in [1.29, 1.82) is 0 Å². The maximum Gasteiger partial charge on any atom is 0.230 e. The maximum atomic E-state index is 12.4. The van der Waals surface area contributed by atoms with Crippen molar-refractivity contribution in [2.24, 2.45) is 0 Å². The number of carbonyl (C=O) groups is 2. The standard InChI is InChI=1S/C29H32N6O4S/c36-16-7-17-39-24-12-6-10-22(18-24)20-26(37)30-25-15-14-23(32-33-25)11-4-5-13-28-34-35-29(40-28)31-27(38)19-21-8-2-1-3-9-21/h1-3,6,8-10,12,14-15,18,36H,4-5,7,11,13,16-17,19-20H2,(H,30,33,37)(H,31,35,38). The van der Waals surface area contributed by atoms with Crippen LogP contribution < -0.4 is 15.4 Å². The van der Waals surface area contributed by atoms with Gasteiger partial charge >= 0.3 is 0 Å². The average Bonchev–Trinajstić information content (AvgIpc) is 3.39.